The van der Waals surface area contributed by atoms with Crippen LogP contribution in [0.5, 0.6) is 0 Å². The third-order valence-electron chi connectivity index (χ3n) is 6.23. The van der Waals surface area contributed by atoms with Crippen LogP contribution in [0.3, 0.4) is 0 Å². The Labute approximate surface area is 183 Å². The minimum absolute atomic E-state index is 0.0555. The van der Waals surface area contributed by atoms with Gasteiger partial charge in [0.15, 0.2) is 0 Å². The van der Waals surface area contributed by atoms with Gasteiger partial charge in [-0.2, -0.15) is 0 Å². The van der Waals surface area contributed by atoms with E-state index >= 15 is 0 Å². The van der Waals surface area contributed by atoms with E-state index in [0.29, 0.717) is 5.76 Å². The Morgan fingerprint density at radius 1 is 1.26 bits per heavy atom. The second-order valence-corrected chi connectivity index (χ2v) is 8.21. The predicted molar refractivity (Wildman–Crippen MR) is 128 cm³/mol. The molecule has 2 aliphatic carbocycles. The number of rotatable bonds is 5. The largest absolute Gasteiger partial charge is 0.497 e. The first-order chi connectivity index (χ1) is 15.0. The molecule has 4 rings (SSSR count). The number of aromatic amines is 1. The number of methoxy groups -OCH3 is 1. The number of hydrogen-bond acceptors (Lipinski definition) is 3. The minimum Gasteiger partial charge on any atom is -0.497 e. The zero-order valence-electron chi connectivity index (χ0n) is 18.3. The van der Waals surface area contributed by atoms with Crippen molar-refractivity contribution in [3.05, 3.63) is 105 Å². The van der Waals surface area contributed by atoms with Crippen molar-refractivity contribution >= 4 is 18.0 Å². The SMILES string of the molecule is C=C(OC)c1ccc(/C=C/C=N/C23CC(C)=CC(Cc4[nH]c(=O)ccc42)/C3=C\C)cc1. The van der Waals surface area contributed by atoms with Crippen molar-refractivity contribution in [2.24, 2.45) is 10.9 Å². The van der Waals surface area contributed by atoms with E-state index < -0.39 is 5.54 Å². The van der Waals surface area contributed by atoms with Crippen LogP contribution in [0.1, 0.15) is 42.7 Å². The van der Waals surface area contributed by atoms with Gasteiger partial charge in [-0.3, -0.25) is 9.79 Å². The summed E-state index contributed by atoms with van der Waals surface area (Å²) in [6.07, 6.45) is 12.1. The van der Waals surface area contributed by atoms with Crippen molar-refractivity contribution in [2.75, 3.05) is 7.11 Å². The van der Waals surface area contributed by atoms with E-state index in [4.69, 9.17) is 9.73 Å². The molecule has 31 heavy (non-hydrogen) atoms. The smallest absolute Gasteiger partial charge is 0.248 e. The Morgan fingerprint density at radius 2 is 2.03 bits per heavy atom. The molecule has 2 aromatic rings. The maximum Gasteiger partial charge on any atom is 0.248 e. The van der Waals surface area contributed by atoms with Crippen molar-refractivity contribution < 1.29 is 4.74 Å². The van der Waals surface area contributed by atoms with Crippen LogP contribution in [-0.2, 0) is 16.7 Å². The summed E-state index contributed by atoms with van der Waals surface area (Å²) in [5, 5.41) is 0. The van der Waals surface area contributed by atoms with Crippen LogP contribution in [0.2, 0.25) is 0 Å². The van der Waals surface area contributed by atoms with Crippen molar-refractivity contribution in [3.8, 4) is 0 Å². The van der Waals surface area contributed by atoms with E-state index in [0.717, 1.165) is 35.2 Å². The third-order valence-corrected chi connectivity index (χ3v) is 6.23. The van der Waals surface area contributed by atoms with Crippen LogP contribution in [-0.4, -0.2) is 18.3 Å². The summed E-state index contributed by atoms with van der Waals surface area (Å²) in [6.45, 7) is 8.14. The van der Waals surface area contributed by atoms with E-state index in [1.807, 2.05) is 48.7 Å². The lowest BCUT2D eigenvalue weighted by Crippen LogP contribution is -2.40. The minimum atomic E-state index is -0.458. The van der Waals surface area contributed by atoms with Gasteiger partial charge in [-0.05, 0) is 43.5 Å². The monoisotopic (exact) mass is 412 g/mol. The molecular formula is C27H28N2O2. The highest BCUT2D eigenvalue weighted by atomic mass is 16.5. The highest BCUT2D eigenvalue weighted by Crippen LogP contribution is 2.51. The number of allylic oxidation sites excluding steroid dienone is 3. The predicted octanol–water partition coefficient (Wildman–Crippen LogP) is 5.44. The van der Waals surface area contributed by atoms with E-state index in [1.165, 1.54) is 11.1 Å². The summed E-state index contributed by atoms with van der Waals surface area (Å²) in [7, 11) is 1.62. The van der Waals surface area contributed by atoms with Crippen LogP contribution >= 0.6 is 0 Å². The first-order valence-electron chi connectivity index (χ1n) is 10.6. The Balaban J connectivity index is 1.67. The molecule has 0 amide bonds. The molecule has 0 saturated heterocycles. The number of H-pyrrole nitrogens is 1. The zero-order chi connectivity index (χ0) is 22.0. The maximum atomic E-state index is 11.9. The van der Waals surface area contributed by atoms with E-state index in [-0.39, 0.29) is 11.5 Å². The first kappa shape index (κ1) is 20.9. The second-order valence-electron chi connectivity index (χ2n) is 8.21. The van der Waals surface area contributed by atoms with Gasteiger partial charge in [-0.1, -0.05) is 54.6 Å². The number of aliphatic imine (C=N–C) groups is 1. The molecule has 4 nitrogen and oxygen atoms in total. The maximum absolute atomic E-state index is 11.9. The lowest BCUT2D eigenvalue weighted by Gasteiger charge is -2.45. The van der Waals surface area contributed by atoms with Crippen LogP contribution in [0.25, 0.3) is 11.8 Å². The molecule has 0 radical (unpaired) electrons. The van der Waals surface area contributed by atoms with Gasteiger partial charge in [0.1, 0.15) is 11.3 Å². The average Bonchev–Trinajstić information content (AvgIpc) is 2.76. The lowest BCUT2D eigenvalue weighted by atomic mass is 9.63. The molecule has 158 valence electrons. The Morgan fingerprint density at radius 3 is 2.74 bits per heavy atom. The van der Waals surface area contributed by atoms with E-state index in [1.54, 1.807) is 13.2 Å². The third kappa shape index (κ3) is 3.86. The van der Waals surface area contributed by atoms with Gasteiger partial charge in [0.2, 0.25) is 5.56 Å². The van der Waals surface area contributed by atoms with Crippen molar-refractivity contribution in [1.82, 2.24) is 4.98 Å². The molecule has 4 heteroatoms. The topological polar surface area (TPSA) is 54.4 Å². The number of benzene rings is 1. The van der Waals surface area contributed by atoms with E-state index in [9.17, 15) is 4.79 Å². The molecule has 0 fully saturated rings. The number of ether oxygens (including phenoxy) is 1. The lowest BCUT2D eigenvalue weighted by molar-refractivity contribution is 0.371. The van der Waals surface area contributed by atoms with Crippen molar-refractivity contribution in [3.63, 3.8) is 0 Å². The summed E-state index contributed by atoms with van der Waals surface area (Å²) in [5.74, 6) is 0.922. The fourth-order valence-corrected chi connectivity index (χ4v) is 4.87. The van der Waals surface area contributed by atoms with Gasteiger partial charge in [-0.15, -0.1) is 0 Å². The summed E-state index contributed by atoms with van der Waals surface area (Å²) in [5.41, 5.74) is 6.29. The Hall–Kier alpha value is -3.40. The number of nitrogens with one attached hydrogen (secondary N) is 1. The van der Waals surface area contributed by atoms with Gasteiger partial charge < -0.3 is 9.72 Å². The Bertz CT molecular complexity index is 1180. The number of pyridine rings is 1. The second kappa shape index (κ2) is 8.38. The Kier molecular flexibility index (Phi) is 5.64. The van der Waals surface area contributed by atoms with Crippen LogP contribution in [0.15, 0.2) is 82.1 Å². The molecule has 1 aromatic carbocycles. The van der Waals surface area contributed by atoms with E-state index in [2.05, 4.69) is 37.6 Å². The van der Waals surface area contributed by atoms with Gasteiger partial charge in [0.05, 0.1) is 7.11 Å². The van der Waals surface area contributed by atoms with Crippen molar-refractivity contribution in [1.29, 1.82) is 0 Å². The average molecular weight is 413 g/mol. The molecule has 2 atom stereocenters. The van der Waals surface area contributed by atoms with Gasteiger partial charge in [0, 0.05) is 41.4 Å². The molecule has 0 saturated carbocycles. The molecule has 2 aliphatic rings. The van der Waals surface area contributed by atoms with Crippen molar-refractivity contribution in [2.45, 2.75) is 32.2 Å². The number of hydrogen-bond donors (Lipinski definition) is 1. The normalized spacial score (nSPS) is 23.8. The zero-order valence-corrected chi connectivity index (χ0v) is 18.3. The first-order valence-corrected chi connectivity index (χ1v) is 10.6. The molecule has 1 aromatic heterocycles. The summed E-state index contributed by atoms with van der Waals surface area (Å²) >= 11 is 0. The van der Waals surface area contributed by atoms with Gasteiger partial charge >= 0.3 is 0 Å². The van der Waals surface area contributed by atoms with Crippen LogP contribution in [0.4, 0.5) is 0 Å². The highest BCUT2D eigenvalue weighted by Gasteiger charge is 2.46. The molecule has 2 bridgehead atoms. The highest BCUT2D eigenvalue weighted by molar-refractivity contribution is 5.79. The number of fused-ring (bicyclic) bond motifs is 4. The number of nitrogens with zero attached hydrogens (tertiary/aromatic N) is 1. The van der Waals surface area contributed by atoms with Gasteiger partial charge in [-0.25, -0.2) is 0 Å². The summed E-state index contributed by atoms with van der Waals surface area (Å²) in [4.78, 5) is 20.1. The number of aromatic nitrogens is 1. The molecule has 0 aliphatic heterocycles. The molecular weight excluding hydrogens is 384 g/mol. The van der Waals surface area contributed by atoms with Crippen LogP contribution in [0, 0.1) is 5.92 Å². The standard InChI is InChI=1S/C27H28N2O2/c1-5-23-22-15-18(2)17-27(23,24-12-13-26(30)29-25(24)16-22)28-14-6-7-20-8-10-21(11-9-20)19(3)31-4/h5-15,22H,3,16-17H2,1-2,4H3,(H,29,30)/b7-6+,23-5+,28-14+. The fraction of sp³-hybridized carbons (Fsp3) is 0.259. The van der Waals surface area contributed by atoms with Gasteiger partial charge in [0.25, 0.3) is 0 Å². The molecule has 0 spiro atoms. The molecule has 1 heterocycles. The molecule has 2 unspecified atom stereocenters. The summed E-state index contributed by atoms with van der Waals surface area (Å²) < 4.78 is 5.18. The summed E-state index contributed by atoms with van der Waals surface area (Å²) in [6, 6.07) is 11.6. The fourth-order valence-electron chi connectivity index (χ4n) is 4.87. The quantitative estimate of drug-likeness (QED) is 0.404. The van der Waals surface area contributed by atoms with Crippen LogP contribution < -0.4 is 5.56 Å². The molecule has 1 N–H and O–H groups in total.